The molecule has 2 N–H and O–H groups in total. The van der Waals surface area contributed by atoms with Crippen molar-refractivity contribution in [2.75, 3.05) is 26.7 Å². The van der Waals surface area contributed by atoms with Gasteiger partial charge in [0.25, 0.3) is 5.91 Å². The fourth-order valence-electron chi connectivity index (χ4n) is 2.12. The molecule has 5 nitrogen and oxygen atoms in total. The van der Waals surface area contributed by atoms with Crippen LogP contribution in [0.3, 0.4) is 0 Å². The van der Waals surface area contributed by atoms with Gasteiger partial charge in [0.2, 0.25) is 0 Å². The van der Waals surface area contributed by atoms with Crippen LogP contribution in [0.4, 0.5) is 0 Å². The molecule has 6 heteroatoms. The number of nitrogens with zero attached hydrogens (tertiary/aromatic N) is 1. The van der Waals surface area contributed by atoms with Crippen LogP contribution in [-0.4, -0.2) is 55.4 Å². The molecule has 1 aliphatic rings. The Morgan fingerprint density at radius 3 is 2.65 bits per heavy atom. The summed E-state index contributed by atoms with van der Waals surface area (Å²) in [7, 11) is 1.50. The van der Waals surface area contributed by atoms with Crippen molar-refractivity contribution in [3.63, 3.8) is 0 Å². The van der Waals surface area contributed by atoms with Crippen LogP contribution in [0.25, 0.3) is 0 Å². The highest BCUT2D eigenvalue weighted by Gasteiger charge is 2.35. The lowest BCUT2D eigenvalue weighted by Crippen LogP contribution is -2.57. The molecular formula is C11H23ClN2O3. The van der Waals surface area contributed by atoms with E-state index in [0.29, 0.717) is 13.1 Å². The van der Waals surface area contributed by atoms with Gasteiger partial charge in [-0.3, -0.25) is 4.79 Å². The highest BCUT2D eigenvalue weighted by atomic mass is 35.5. The van der Waals surface area contributed by atoms with Crippen molar-refractivity contribution in [1.29, 1.82) is 0 Å². The zero-order valence-electron chi connectivity index (χ0n) is 10.9. The van der Waals surface area contributed by atoms with Crippen LogP contribution in [0.1, 0.15) is 20.8 Å². The summed E-state index contributed by atoms with van der Waals surface area (Å²) in [6.07, 6.45) is -0.496. The predicted octanol–water partition coefficient (Wildman–Crippen LogP) is 0.408. The molecule has 0 aromatic heterocycles. The van der Waals surface area contributed by atoms with Crippen LogP contribution in [-0.2, 0) is 14.3 Å². The van der Waals surface area contributed by atoms with Crippen LogP contribution in [0.5, 0.6) is 0 Å². The topological polar surface area (TPSA) is 64.8 Å². The molecule has 1 heterocycles. The third-order valence-corrected chi connectivity index (χ3v) is 2.66. The average molecular weight is 267 g/mol. The molecule has 0 radical (unpaired) electrons. The van der Waals surface area contributed by atoms with Crippen LogP contribution in [0.2, 0.25) is 0 Å². The maximum atomic E-state index is 12.1. The van der Waals surface area contributed by atoms with Crippen molar-refractivity contribution in [3.8, 4) is 0 Å². The Bertz CT molecular complexity index is 257. The molecule has 1 fully saturated rings. The first-order valence-corrected chi connectivity index (χ1v) is 5.59. The van der Waals surface area contributed by atoms with Crippen molar-refractivity contribution >= 4 is 18.3 Å². The number of rotatable bonds is 3. The molecule has 0 spiro atoms. The van der Waals surface area contributed by atoms with Crippen LogP contribution in [0.15, 0.2) is 0 Å². The molecule has 102 valence electrons. The summed E-state index contributed by atoms with van der Waals surface area (Å²) in [4.78, 5) is 13.8. The van der Waals surface area contributed by atoms with Crippen molar-refractivity contribution in [3.05, 3.63) is 0 Å². The second kappa shape index (κ2) is 6.54. The Morgan fingerprint density at radius 1 is 1.65 bits per heavy atom. The van der Waals surface area contributed by atoms with Crippen molar-refractivity contribution in [2.24, 2.45) is 5.73 Å². The molecule has 0 aromatic rings. The zero-order valence-corrected chi connectivity index (χ0v) is 11.8. The Hall–Kier alpha value is -0.360. The fourth-order valence-corrected chi connectivity index (χ4v) is 2.12. The van der Waals surface area contributed by atoms with E-state index in [-0.39, 0.29) is 36.6 Å². The number of ether oxygens (including phenoxy) is 2. The first-order chi connectivity index (χ1) is 7.39. The molecule has 0 saturated carbocycles. The molecule has 0 bridgehead atoms. The summed E-state index contributed by atoms with van der Waals surface area (Å²) in [6, 6.07) is 0. The van der Waals surface area contributed by atoms with Gasteiger partial charge in [0, 0.05) is 26.7 Å². The summed E-state index contributed by atoms with van der Waals surface area (Å²) in [5.74, 6) is -0.0479. The number of hydrogen-bond acceptors (Lipinski definition) is 4. The standard InChI is InChI=1S/C11H22N2O3.ClH/c1-8-6-13(7-11(2,3)16-8)10(14)9(5-12)15-4;/h8-9H,5-7,12H2,1-4H3;1H. The number of amides is 1. The van der Waals surface area contributed by atoms with Crippen molar-refractivity contribution in [2.45, 2.75) is 38.6 Å². The van der Waals surface area contributed by atoms with Gasteiger partial charge in [-0.1, -0.05) is 0 Å². The lowest BCUT2D eigenvalue weighted by molar-refractivity contribution is -0.165. The van der Waals surface area contributed by atoms with Gasteiger partial charge >= 0.3 is 0 Å². The minimum Gasteiger partial charge on any atom is -0.370 e. The largest absolute Gasteiger partial charge is 0.370 e. The van der Waals surface area contributed by atoms with Gasteiger partial charge in [0.15, 0.2) is 0 Å². The van der Waals surface area contributed by atoms with Crippen molar-refractivity contribution in [1.82, 2.24) is 4.90 Å². The second-order valence-corrected chi connectivity index (χ2v) is 4.87. The Labute approximate surface area is 109 Å². The van der Waals surface area contributed by atoms with Gasteiger partial charge in [-0.15, -0.1) is 12.4 Å². The summed E-state index contributed by atoms with van der Waals surface area (Å²) in [5, 5.41) is 0. The SMILES string of the molecule is COC(CN)C(=O)N1CC(C)OC(C)(C)C1.Cl. The molecule has 1 aliphatic heterocycles. The highest BCUT2D eigenvalue weighted by molar-refractivity contribution is 5.85. The van der Waals surface area contributed by atoms with Gasteiger partial charge in [-0.05, 0) is 20.8 Å². The minimum atomic E-state index is -0.541. The van der Waals surface area contributed by atoms with Crippen molar-refractivity contribution < 1.29 is 14.3 Å². The summed E-state index contributed by atoms with van der Waals surface area (Å²) >= 11 is 0. The van der Waals surface area contributed by atoms with E-state index in [4.69, 9.17) is 15.2 Å². The molecule has 0 aliphatic carbocycles. The van der Waals surface area contributed by atoms with E-state index in [1.807, 2.05) is 20.8 Å². The maximum Gasteiger partial charge on any atom is 0.253 e. The Balaban J connectivity index is 0.00000256. The third kappa shape index (κ3) is 4.43. The highest BCUT2D eigenvalue weighted by Crippen LogP contribution is 2.21. The molecule has 1 saturated heterocycles. The number of carbonyl (C=O) groups is 1. The lowest BCUT2D eigenvalue weighted by Gasteiger charge is -2.42. The van der Waals surface area contributed by atoms with E-state index in [9.17, 15) is 4.79 Å². The normalized spacial score (nSPS) is 25.0. The van der Waals surface area contributed by atoms with Gasteiger partial charge in [-0.2, -0.15) is 0 Å². The number of nitrogens with two attached hydrogens (primary N) is 1. The summed E-state index contributed by atoms with van der Waals surface area (Å²) in [5.41, 5.74) is 5.18. The Kier molecular flexibility index (Phi) is 6.40. The van der Waals surface area contributed by atoms with Crippen LogP contribution in [0, 0.1) is 0 Å². The van der Waals surface area contributed by atoms with Crippen LogP contribution >= 0.6 is 12.4 Å². The van der Waals surface area contributed by atoms with Gasteiger partial charge < -0.3 is 20.1 Å². The van der Waals surface area contributed by atoms with E-state index in [2.05, 4.69) is 0 Å². The van der Waals surface area contributed by atoms with E-state index in [0.717, 1.165) is 0 Å². The molecule has 1 amide bonds. The average Bonchev–Trinajstić information content (AvgIpc) is 2.16. The van der Waals surface area contributed by atoms with Crippen LogP contribution < -0.4 is 5.73 Å². The molecule has 2 atom stereocenters. The third-order valence-electron chi connectivity index (χ3n) is 2.66. The monoisotopic (exact) mass is 266 g/mol. The maximum absolute atomic E-state index is 12.1. The summed E-state index contributed by atoms with van der Waals surface area (Å²) < 4.78 is 10.8. The van der Waals surface area contributed by atoms with E-state index in [1.165, 1.54) is 7.11 Å². The fraction of sp³-hybridized carbons (Fsp3) is 0.909. The number of morpholine rings is 1. The number of hydrogen-bond donors (Lipinski definition) is 1. The number of methoxy groups -OCH3 is 1. The number of halogens is 1. The molecule has 17 heavy (non-hydrogen) atoms. The molecule has 0 aromatic carbocycles. The first kappa shape index (κ1) is 16.6. The first-order valence-electron chi connectivity index (χ1n) is 5.59. The molecular weight excluding hydrogens is 244 g/mol. The van der Waals surface area contributed by atoms with Gasteiger partial charge in [0.1, 0.15) is 6.10 Å². The van der Waals surface area contributed by atoms with Gasteiger partial charge in [0.05, 0.1) is 11.7 Å². The predicted molar refractivity (Wildman–Crippen MR) is 68.3 cm³/mol. The zero-order chi connectivity index (χ0) is 12.3. The molecule has 2 unspecified atom stereocenters. The Morgan fingerprint density at radius 2 is 2.24 bits per heavy atom. The number of carbonyl (C=O) groups excluding carboxylic acids is 1. The van der Waals surface area contributed by atoms with E-state index < -0.39 is 6.10 Å². The smallest absolute Gasteiger partial charge is 0.253 e. The second-order valence-electron chi connectivity index (χ2n) is 4.87. The lowest BCUT2D eigenvalue weighted by atomic mass is 10.0. The minimum absolute atomic E-state index is 0. The quantitative estimate of drug-likeness (QED) is 0.804. The van der Waals surface area contributed by atoms with Gasteiger partial charge in [-0.25, -0.2) is 0 Å². The van der Waals surface area contributed by atoms with E-state index >= 15 is 0 Å². The molecule has 1 rings (SSSR count). The summed E-state index contributed by atoms with van der Waals surface area (Å²) in [6.45, 7) is 7.31. The van der Waals surface area contributed by atoms with E-state index in [1.54, 1.807) is 4.90 Å².